The Kier molecular flexibility index (Phi) is 6.56. The van der Waals surface area contributed by atoms with Gasteiger partial charge in [0.2, 0.25) is 0 Å². The Labute approximate surface area is 170 Å². The quantitative estimate of drug-likeness (QED) is 0.569. The fourth-order valence-corrected chi connectivity index (χ4v) is 2.94. The van der Waals surface area contributed by atoms with Crippen LogP contribution < -0.4 is 24.7 Å². The first-order valence-corrected chi connectivity index (χ1v) is 9.41. The molecule has 1 unspecified atom stereocenters. The standard InChI is InChI=1S/C21H26N4O4/c1-5-28-16-10-7-13(11-18(16)29-6-2)19(22)21-23-20(24-25-21)14-8-9-15(26-3)17(12-14)27-4/h7-12,19H,5-6,22H2,1-4H3,(H,23,24,25). The summed E-state index contributed by atoms with van der Waals surface area (Å²) < 4.78 is 21.9. The van der Waals surface area contributed by atoms with E-state index in [1.807, 2.05) is 50.2 Å². The molecular formula is C21H26N4O4. The summed E-state index contributed by atoms with van der Waals surface area (Å²) in [6.07, 6.45) is 0. The number of hydrogen-bond acceptors (Lipinski definition) is 7. The number of benzene rings is 2. The molecule has 0 fully saturated rings. The van der Waals surface area contributed by atoms with Crippen LogP contribution in [0.2, 0.25) is 0 Å². The van der Waals surface area contributed by atoms with Crippen LogP contribution >= 0.6 is 0 Å². The van der Waals surface area contributed by atoms with Crippen molar-refractivity contribution in [2.75, 3.05) is 27.4 Å². The van der Waals surface area contributed by atoms with Gasteiger partial charge in [0.15, 0.2) is 28.8 Å². The van der Waals surface area contributed by atoms with Gasteiger partial charge in [-0.3, -0.25) is 5.10 Å². The van der Waals surface area contributed by atoms with Gasteiger partial charge in [0.25, 0.3) is 0 Å². The molecule has 2 aromatic carbocycles. The number of nitrogens with two attached hydrogens (primary N) is 1. The molecule has 29 heavy (non-hydrogen) atoms. The lowest BCUT2D eigenvalue weighted by Crippen LogP contribution is -2.14. The van der Waals surface area contributed by atoms with Crippen LogP contribution in [0.1, 0.15) is 31.3 Å². The molecular weight excluding hydrogens is 372 g/mol. The molecule has 8 nitrogen and oxygen atoms in total. The third-order valence-electron chi connectivity index (χ3n) is 4.37. The van der Waals surface area contributed by atoms with Gasteiger partial charge in [-0.05, 0) is 49.7 Å². The predicted octanol–water partition coefficient (Wildman–Crippen LogP) is 3.33. The molecule has 0 spiro atoms. The summed E-state index contributed by atoms with van der Waals surface area (Å²) >= 11 is 0. The maximum atomic E-state index is 6.42. The summed E-state index contributed by atoms with van der Waals surface area (Å²) in [5.41, 5.74) is 8.05. The second-order valence-electron chi connectivity index (χ2n) is 6.16. The van der Waals surface area contributed by atoms with E-state index in [-0.39, 0.29) is 0 Å². The predicted molar refractivity (Wildman–Crippen MR) is 110 cm³/mol. The van der Waals surface area contributed by atoms with E-state index in [0.29, 0.717) is 47.9 Å². The fourth-order valence-electron chi connectivity index (χ4n) is 2.94. The molecule has 154 valence electrons. The topological polar surface area (TPSA) is 105 Å². The number of ether oxygens (including phenoxy) is 4. The van der Waals surface area contributed by atoms with Crippen LogP contribution in [-0.2, 0) is 0 Å². The van der Waals surface area contributed by atoms with Gasteiger partial charge in [0.1, 0.15) is 5.82 Å². The number of hydrogen-bond donors (Lipinski definition) is 2. The Hall–Kier alpha value is -3.26. The minimum absolute atomic E-state index is 0.494. The number of nitrogens with one attached hydrogen (secondary N) is 1. The van der Waals surface area contributed by atoms with Crippen LogP contribution in [0.4, 0.5) is 0 Å². The van der Waals surface area contributed by atoms with Crippen LogP contribution in [0, 0.1) is 0 Å². The Bertz CT molecular complexity index is 958. The molecule has 3 rings (SSSR count). The van der Waals surface area contributed by atoms with Crippen LogP contribution in [0.15, 0.2) is 36.4 Å². The summed E-state index contributed by atoms with van der Waals surface area (Å²) in [7, 11) is 3.18. The van der Waals surface area contributed by atoms with Crippen molar-refractivity contribution in [3.05, 3.63) is 47.8 Å². The Balaban J connectivity index is 1.87. The first kappa shape index (κ1) is 20.5. The zero-order chi connectivity index (χ0) is 20.8. The van der Waals surface area contributed by atoms with E-state index in [9.17, 15) is 0 Å². The van der Waals surface area contributed by atoms with E-state index in [4.69, 9.17) is 24.7 Å². The zero-order valence-electron chi connectivity index (χ0n) is 17.1. The molecule has 0 aliphatic rings. The van der Waals surface area contributed by atoms with Crippen molar-refractivity contribution in [2.45, 2.75) is 19.9 Å². The van der Waals surface area contributed by atoms with Crippen LogP contribution in [0.5, 0.6) is 23.0 Å². The van der Waals surface area contributed by atoms with E-state index >= 15 is 0 Å². The molecule has 1 heterocycles. The molecule has 0 aliphatic carbocycles. The van der Waals surface area contributed by atoms with Crippen molar-refractivity contribution in [2.24, 2.45) is 5.73 Å². The van der Waals surface area contributed by atoms with Gasteiger partial charge in [0.05, 0.1) is 33.5 Å². The number of rotatable bonds is 9. The van der Waals surface area contributed by atoms with Crippen LogP contribution in [0.3, 0.4) is 0 Å². The number of methoxy groups -OCH3 is 2. The summed E-state index contributed by atoms with van der Waals surface area (Å²) in [6.45, 7) is 4.94. The number of nitrogens with zero attached hydrogens (tertiary/aromatic N) is 2. The Morgan fingerprint density at radius 1 is 0.897 bits per heavy atom. The monoisotopic (exact) mass is 398 g/mol. The zero-order valence-corrected chi connectivity index (χ0v) is 17.1. The highest BCUT2D eigenvalue weighted by atomic mass is 16.5. The second-order valence-corrected chi connectivity index (χ2v) is 6.16. The second kappa shape index (κ2) is 9.29. The molecule has 0 aliphatic heterocycles. The molecule has 0 saturated carbocycles. The van der Waals surface area contributed by atoms with E-state index in [2.05, 4.69) is 15.2 Å². The molecule has 0 radical (unpaired) electrons. The molecule has 3 aromatic rings. The van der Waals surface area contributed by atoms with E-state index < -0.39 is 6.04 Å². The van der Waals surface area contributed by atoms with E-state index in [0.717, 1.165) is 11.1 Å². The highest BCUT2D eigenvalue weighted by Crippen LogP contribution is 2.33. The van der Waals surface area contributed by atoms with Crippen molar-refractivity contribution >= 4 is 0 Å². The number of aromatic amines is 1. The van der Waals surface area contributed by atoms with Crippen molar-refractivity contribution in [1.29, 1.82) is 0 Å². The van der Waals surface area contributed by atoms with Gasteiger partial charge in [-0.2, -0.15) is 5.10 Å². The Morgan fingerprint density at radius 3 is 2.28 bits per heavy atom. The van der Waals surface area contributed by atoms with Crippen molar-refractivity contribution in [3.63, 3.8) is 0 Å². The molecule has 0 saturated heterocycles. The summed E-state index contributed by atoms with van der Waals surface area (Å²) in [6, 6.07) is 10.6. The van der Waals surface area contributed by atoms with E-state index in [1.54, 1.807) is 14.2 Å². The fraction of sp³-hybridized carbons (Fsp3) is 0.333. The molecule has 0 bridgehead atoms. The van der Waals surface area contributed by atoms with Gasteiger partial charge in [-0.1, -0.05) is 6.07 Å². The van der Waals surface area contributed by atoms with Gasteiger partial charge in [-0.15, -0.1) is 0 Å². The summed E-state index contributed by atoms with van der Waals surface area (Å²) in [4.78, 5) is 4.56. The molecule has 0 amide bonds. The maximum absolute atomic E-state index is 6.42. The molecule has 3 N–H and O–H groups in total. The van der Waals surface area contributed by atoms with Gasteiger partial charge < -0.3 is 24.7 Å². The average Bonchev–Trinajstić information content (AvgIpc) is 3.24. The highest BCUT2D eigenvalue weighted by molar-refractivity contribution is 5.61. The molecule has 1 aromatic heterocycles. The normalized spacial score (nSPS) is 11.8. The lowest BCUT2D eigenvalue weighted by molar-refractivity contribution is 0.287. The van der Waals surface area contributed by atoms with Crippen molar-refractivity contribution in [3.8, 4) is 34.4 Å². The Morgan fingerprint density at radius 2 is 1.59 bits per heavy atom. The first-order chi connectivity index (χ1) is 14.1. The van der Waals surface area contributed by atoms with Gasteiger partial charge in [-0.25, -0.2) is 4.98 Å². The SMILES string of the molecule is CCOc1ccc(C(N)c2nc(-c3ccc(OC)c(OC)c3)n[nH]2)cc1OCC. The van der Waals surface area contributed by atoms with Crippen molar-refractivity contribution < 1.29 is 18.9 Å². The lowest BCUT2D eigenvalue weighted by atomic mass is 10.1. The molecule has 1 atom stereocenters. The first-order valence-electron chi connectivity index (χ1n) is 9.41. The number of aromatic nitrogens is 3. The minimum Gasteiger partial charge on any atom is -0.493 e. The summed E-state index contributed by atoms with van der Waals surface area (Å²) in [5.74, 6) is 3.65. The van der Waals surface area contributed by atoms with Gasteiger partial charge >= 0.3 is 0 Å². The number of H-pyrrole nitrogens is 1. The van der Waals surface area contributed by atoms with Crippen molar-refractivity contribution in [1.82, 2.24) is 15.2 Å². The lowest BCUT2D eigenvalue weighted by Gasteiger charge is -2.14. The average molecular weight is 398 g/mol. The van der Waals surface area contributed by atoms with E-state index in [1.165, 1.54) is 0 Å². The smallest absolute Gasteiger partial charge is 0.181 e. The van der Waals surface area contributed by atoms with Gasteiger partial charge in [0, 0.05) is 5.56 Å². The molecule has 8 heteroatoms. The highest BCUT2D eigenvalue weighted by Gasteiger charge is 2.18. The summed E-state index contributed by atoms with van der Waals surface area (Å²) in [5, 5.41) is 7.23. The van der Waals surface area contributed by atoms with Crippen LogP contribution in [0.25, 0.3) is 11.4 Å². The third kappa shape index (κ3) is 4.43. The minimum atomic E-state index is -0.494. The third-order valence-corrected chi connectivity index (χ3v) is 4.37. The largest absolute Gasteiger partial charge is 0.493 e. The van der Waals surface area contributed by atoms with Crippen LogP contribution in [-0.4, -0.2) is 42.6 Å². The maximum Gasteiger partial charge on any atom is 0.181 e.